The van der Waals surface area contributed by atoms with E-state index in [1.807, 2.05) is 36.5 Å². The Morgan fingerprint density at radius 2 is 1.85 bits per heavy atom. The summed E-state index contributed by atoms with van der Waals surface area (Å²) in [4.78, 5) is 3.28. The van der Waals surface area contributed by atoms with E-state index in [0.29, 0.717) is 5.69 Å². The van der Waals surface area contributed by atoms with Crippen LogP contribution in [-0.2, 0) is 15.4 Å². The summed E-state index contributed by atoms with van der Waals surface area (Å²) in [5.41, 5.74) is 3.32. The van der Waals surface area contributed by atoms with Gasteiger partial charge in [0.15, 0.2) is 0 Å². The molecule has 0 fully saturated rings. The number of hydrogen-bond donors (Lipinski definition) is 2. The first-order valence-electron chi connectivity index (χ1n) is 9.02. The molecule has 3 rings (SSSR count). The number of anilines is 1. The highest BCUT2D eigenvalue weighted by atomic mass is 32.2. The van der Waals surface area contributed by atoms with E-state index in [-0.39, 0.29) is 5.41 Å². The maximum absolute atomic E-state index is 11.7. The minimum Gasteiger partial charge on any atom is -0.496 e. The van der Waals surface area contributed by atoms with Gasteiger partial charge in [0.1, 0.15) is 5.75 Å². The van der Waals surface area contributed by atoms with Crippen molar-refractivity contribution < 1.29 is 13.2 Å². The molecule has 1 heterocycles. The van der Waals surface area contributed by atoms with Crippen molar-refractivity contribution in [3.05, 3.63) is 59.8 Å². The van der Waals surface area contributed by atoms with Gasteiger partial charge in [-0.1, -0.05) is 50.6 Å². The Balaban J connectivity index is 2.23. The first-order valence-corrected chi connectivity index (χ1v) is 10.9. The maximum atomic E-state index is 11.7. The average molecular weight is 387 g/mol. The van der Waals surface area contributed by atoms with Crippen LogP contribution in [0.25, 0.3) is 10.9 Å². The summed E-state index contributed by atoms with van der Waals surface area (Å²) in [6, 6.07) is 13.7. The van der Waals surface area contributed by atoms with E-state index < -0.39 is 10.0 Å². The van der Waals surface area contributed by atoms with Crippen molar-refractivity contribution in [3.63, 3.8) is 0 Å². The third-order valence-electron chi connectivity index (χ3n) is 5.06. The molecule has 2 aromatic carbocycles. The first kappa shape index (κ1) is 19.3. The largest absolute Gasteiger partial charge is 0.496 e. The smallest absolute Gasteiger partial charge is 0.229 e. The molecule has 5 nitrogen and oxygen atoms in total. The van der Waals surface area contributed by atoms with E-state index in [1.165, 1.54) is 0 Å². The zero-order valence-electron chi connectivity index (χ0n) is 16.2. The highest BCUT2D eigenvalue weighted by molar-refractivity contribution is 7.92. The molecule has 0 aliphatic heterocycles. The van der Waals surface area contributed by atoms with Crippen LogP contribution in [0.5, 0.6) is 5.75 Å². The molecule has 0 aliphatic carbocycles. The van der Waals surface area contributed by atoms with Crippen molar-refractivity contribution in [2.24, 2.45) is 0 Å². The molecule has 27 heavy (non-hydrogen) atoms. The molecule has 1 atom stereocenters. The van der Waals surface area contributed by atoms with E-state index in [1.54, 1.807) is 13.2 Å². The molecule has 0 saturated heterocycles. The molecule has 0 bridgehead atoms. The van der Waals surface area contributed by atoms with E-state index in [9.17, 15) is 8.42 Å². The Labute approximate surface area is 160 Å². The van der Waals surface area contributed by atoms with Gasteiger partial charge in [0.2, 0.25) is 10.0 Å². The van der Waals surface area contributed by atoms with E-state index in [0.717, 1.165) is 46.9 Å². The van der Waals surface area contributed by atoms with Crippen molar-refractivity contribution >= 4 is 26.6 Å². The van der Waals surface area contributed by atoms with Crippen LogP contribution in [0.3, 0.4) is 0 Å². The van der Waals surface area contributed by atoms with Crippen LogP contribution in [0.2, 0.25) is 0 Å². The lowest BCUT2D eigenvalue weighted by Crippen LogP contribution is -2.24. The third-order valence-corrected chi connectivity index (χ3v) is 5.65. The minimum absolute atomic E-state index is 0.274. The number of para-hydroxylation sites is 2. The summed E-state index contributed by atoms with van der Waals surface area (Å²) in [7, 11) is -1.67. The Kier molecular flexibility index (Phi) is 5.20. The summed E-state index contributed by atoms with van der Waals surface area (Å²) in [5.74, 6) is 0.855. The second-order valence-electron chi connectivity index (χ2n) is 7.09. The zero-order valence-corrected chi connectivity index (χ0v) is 17.0. The van der Waals surface area contributed by atoms with Crippen LogP contribution in [-0.4, -0.2) is 26.8 Å². The Bertz CT molecular complexity index is 1060. The fourth-order valence-electron chi connectivity index (χ4n) is 3.91. The number of H-pyrrole nitrogens is 1. The van der Waals surface area contributed by atoms with Crippen LogP contribution in [0, 0.1) is 0 Å². The van der Waals surface area contributed by atoms with Crippen molar-refractivity contribution in [1.82, 2.24) is 4.98 Å². The van der Waals surface area contributed by atoms with Gasteiger partial charge < -0.3 is 9.72 Å². The van der Waals surface area contributed by atoms with Gasteiger partial charge in [0.05, 0.1) is 24.6 Å². The highest BCUT2D eigenvalue weighted by Crippen LogP contribution is 2.44. The van der Waals surface area contributed by atoms with Gasteiger partial charge >= 0.3 is 0 Å². The minimum atomic E-state index is -3.36. The molecule has 6 heteroatoms. The molecule has 0 saturated carbocycles. The predicted octanol–water partition coefficient (Wildman–Crippen LogP) is 4.65. The topological polar surface area (TPSA) is 71.2 Å². The van der Waals surface area contributed by atoms with Crippen LogP contribution < -0.4 is 9.46 Å². The molecule has 0 spiro atoms. The van der Waals surface area contributed by atoms with Crippen molar-refractivity contribution in [2.75, 3.05) is 18.1 Å². The maximum Gasteiger partial charge on any atom is 0.229 e. The van der Waals surface area contributed by atoms with Gasteiger partial charge in [-0.2, -0.15) is 0 Å². The molecule has 144 valence electrons. The van der Waals surface area contributed by atoms with Crippen LogP contribution in [0.4, 0.5) is 5.69 Å². The van der Waals surface area contributed by atoms with Crippen molar-refractivity contribution in [1.29, 1.82) is 0 Å². The van der Waals surface area contributed by atoms with Gasteiger partial charge in [-0.25, -0.2) is 8.42 Å². The Morgan fingerprint density at radius 3 is 2.52 bits per heavy atom. The molecule has 0 radical (unpaired) electrons. The third kappa shape index (κ3) is 3.67. The lowest BCUT2D eigenvalue weighted by Gasteiger charge is -2.31. The molecule has 0 aliphatic rings. The van der Waals surface area contributed by atoms with Gasteiger partial charge in [0.25, 0.3) is 0 Å². The number of fused-ring (bicyclic) bond motifs is 1. The first-order chi connectivity index (χ1) is 12.8. The molecular weight excluding hydrogens is 360 g/mol. The molecular formula is C21H26N2O3S. The number of benzene rings is 2. The van der Waals surface area contributed by atoms with E-state index in [2.05, 4.69) is 29.6 Å². The van der Waals surface area contributed by atoms with E-state index >= 15 is 0 Å². The lowest BCUT2D eigenvalue weighted by molar-refractivity contribution is 0.392. The molecule has 1 aromatic heterocycles. The Hall–Kier alpha value is -2.47. The summed E-state index contributed by atoms with van der Waals surface area (Å²) in [6.45, 7) is 4.38. The number of sulfonamides is 1. The highest BCUT2D eigenvalue weighted by Gasteiger charge is 2.33. The van der Waals surface area contributed by atoms with Crippen molar-refractivity contribution in [2.45, 2.75) is 32.1 Å². The normalized spacial score (nSPS) is 14.1. The van der Waals surface area contributed by atoms with Crippen molar-refractivity contribution in [3.8, 4) is 5.75 Å². The second-order valence-corrected chi connectivity index (χ2v) is 8.84. The van der Waals surface area contributed by atoms with Crippen LogP contribution in [0.15, 0.2) is 48.7 Å². The van der Waals surface area contributed by atoms with Gasteiger partial charge in [-0.3, -0.25) is 4.72 Å². The second kappa shape index (κ2) is 7.27. The number of nitrogens with one attached hydrogen (secondary N) is 2. The fraction of sp³-hybridized carbons (Fsp3) is 0.333. The summed E-state index contributed by atoms with van der Waals surface area (Å²) < 4.78 is 31.7. The molecule has 3 aromatic rings. The van der Waals surface area contributed by atoms with Crippen LogP contribution >= 0.6 is 0 Å². The molecule has 1 unspecified atom stereocenters. The summed E-state index contributed by atoms with van der Waals surface area (Å²) in [5, 5.41) is 1.01. The van der Waals surface area contributed by atoms with Gasteiger partial charge in [0, 0.05) is 22.6 Å². The number of methoxy groups -OCH3 is 1. The number of aromatic nitrogens is 1. The lowest BCUT2D eigenvalue weighted by atomic mass is 9.72. The summed E-state index contributed by atoms with van der Waals surface area (Å²) in [6.07, 6.45) is 5.08. The average Bonchev–Trinajstić information content (AvgIpc) is 3.06. The monoisotopic (exact) mass is 386 g/mol. The number of aromatic amines is 1. The van der Waals surface area contributed by atoms with Gasteiger partial charge in [-0.15, -0.1) is 0 Å². The standard InChI is InChI=1S/C21H26N2O3S/c1-5-13-21(2,16-10-6-7-12-19(16)26-3)17-14-22-20-15(17)9-8-11-18(20)23-27(4,24)25/h6-12,14,22-23H,5,13H2,1-4H3. The molecule has 2 N–H and O–H groups in total. The zero-order chi connectivity index (χ0) is 19.7. The molecule has 0 amide bonds. The number of ether oxygens (including phenoxy) is 1. The summed E-state index contributed by atoms with van der Waals surface area (Å²) >= 11 is 0. The number of hydrogen-bond acceptors (Lipinski definition) is 3. The fourth-order valence-corrected chi connectivity index (χ4v) is 4.48. The number of rotatable bonds is 7. The van der Waals surface area contributed by atoms with E-state index in [4.69, 9.17) is 4.74 Å². The predicted molar refractivity (Wildman–Crippen MR) is 111 cm³/mol. The Morgan fingerprint density at radius 1 is 1.11 bits per heavy atom. The SMILES string of the molecule is CCCC(C)(c1ccccc1OC)c1c[nH]c2c(NS(C)(=O)=O)cccc12. The van der Waals surface area contributed by atoms with Gasteiger partial charge in [-0.05, 0) is 24.1 Å². The quantitative estimate of drug-likeness (QED) is 0.621. The van der Waals surface area contributed by atoms with Crippen LogP contribution in [0.1, 0.15) is 37.8 Å².